The SMILES string of the molecule is CCOP(=S)(OCC)Oc1nc(C)ncc1C. The van der Waals surface area contributed by atoms with Crippen molar-refractivity contribution in [2.24, 2.45) is 0 Å². The molecular weight excluding hydrogens is 259 g/mol. The topological polar surface area (TPSA) is 53.5 Å². The van der Waals surface area contributed by atoms with Gasteiger partial charge in [0.05, 0.1) is 13.2 Å². The van der Waals surface area contributed by atoms with Crippen molar-refractivity contribution in [3.63, 3.8) is 0 Å². The standard InChI is InChI=1S/C10H17N2O3PS/c1-5-13-16(17,14-6-2)15-10-8(3)7-11-9(4)12-10/h7H,5-6H2,1-4H3. The quantitative estimate of drug-likeness (QED) is 0.745. The summed E-state index contributed by atoms with van der Waals surface area (Å²) < 4.78 is 16.4. The Kier molecular flexibility index (Phi) is 5.46. The molecule has 7 heteroatoms. The van der Waals surface area contributed by atoms with Gasteiger partial charge in [-0.05, 0) is 27.7 Å². The highest BCUT2D eigenvalue weighted by Gasteiger charge is 2.23. The Bertz CT molecular complexity index is 418. The number of hydrogen-bond donors (Lipinski definition) is 0. The average molecular weight is 276 g/mol. The number of aromatic nitrogens is 2. The molecule has 0 aliphatic heterocycles. The molecule has 96 valence electrons. The van der Waals surface area contributed by atoms with Crippen LogP contribution in [0.25, 0.3) is 0 Å². The summed E-state index contributed by atoms with van der Waals surface area (Å²) in [5.74, 6) is 1.06. The second-order valence-corrected chi connectivity index (χ2v) is 6.21. The van der Waals surface area contributed by atoms with E-state index in [0.29, 0.717) is 24.9 Å². The van der Waals surface area contributed by atoms with Crippen molar-refractivity contribution in [1.82, 2.24) is 9.97 Å². The van der Waals surface area contributed by atoms with Crippen molar-refractivity contribution in [1.29, 1.82) is 0 Å². The van der Waals surface area contributed by atoms with Crippen LogP contribution in [0.3, 0.4) is 0 Å². The summed E-state index contributed by atoms with van der Waals surface area (Å²) in [6.07, 6.45) is 1.69. The van der Waals surface area contributed by atoms with Gasteiger partial charge in [0.25, 0.3) is 0 Å². The van der Waals surface area contributed by atoms with Crippen molar-refractivity contribution >= 4 is 18.5 Å². The van der Waals surface area contributed by atoms with Crippen molar-refractivity contribution in [3.05, 3.63) is 17.6 Å². The van der Waals surface area contributed by atoms with Gasteiger partial charge in [-0.2, -0.15) is 4.98 Å². The molecule has 0 amide bonds. The number of rotatable bonds is 6. The fourth-order valence-electron chi connectivity index (χ4n) is 1.11. The molecule has 1 rings (SSSR count). The molecule has 0 fully saturated rings. The first-order chi connectivity index (χ1) is 8.00. The van der Waals surface area contributed by atoms with Gasteiger partial charge in [0.15, 0.2) is 0 Å². The van der Waals surface area contributed by atoms with Gasteiger partial charge in [0, 0.05) is 23.6 Å². The first kappa shape index (κ1) is 14.5. The van der Waals surface area contributed by atoms with Crippen LogP contribution in [0.2, 0.25) is 0 Å². The molecule has 0 unspecified atom stereocenters. The molecule has 0 atom stereocenters. The lowest BCUT2D eigenvalue weighted by Gasteiger charge is -2.21. The highest BCUT2D eigenvalue weighted by atomic mass is 32.5. The maximum absolute atomic E-state index is 5.62. The third-order valence-electron chi connectivity index (χ3n) is 1.82. The Morgan fingerprint density at radius 1 is 1.24 bits per heavy atom. The fraction of sp³-hybridized carbons (Fsp3) is 0.600. The van der Waals surface area contributed by atoms with Gasteiger partial charge < -0.3 is 4.52 Å². The maximum Gasteiger partial charge on any atom is 0.381 e. The van der Waals surface area contributed by atoms with E-state index in [4.69, 9.17) is 25.4 Å². The molecule has 0 radical (unpaired) electrons. The molecular formula is C10H17N2O3PS. The number of hydrogen-bond acceptors (Lipinski definition) is 6. The number of nitrogens with zero attached hydrogens (tertiary/aromatic N) is 2. The summed E-state index contributed by atoms with van der Waals surface area (Å²) in [5, 5.41) is 0. The van der Waals surface area contributed by atoms with Crippen LogP contribution in [0.1, 0.15) is 25.2 Å². The first-order valence-electron chi connectivity index (χ1n) is 5.39. The van der Waals surface area contributed by atoms with Crippen LogP contribution in [-0.2, 0) is 20.9 Å². The van der Waals surface area contributed by atoms with E-state index < -0.39 is 6.72 Å². The van der Waals surface area contributed by atoms with Gasteiger partial charge in [-0.1, -0.05) is 0 Å². The lowest BCUT2D eigenvalue weighted by atomic mass is 10.4. The second kappa shape index (κ2) is 6.40. The van der Waals surface area contributed by atoms with Gasteiger partial charge in [0.1, 0.15) is 5.82 Å². The summed E-state index contributed by atoms with van der Waals surface area (Å²) in [5.41, 5.74) is 0.809. The summed E-state index contributed by atoms with van der Waals surface area (Å²) in [4.78, 5) is 8.26. The monoisotopic (exact) mass is 276 g/mol. The summed E-state index contributed by atoms with van der Waals surface area (Å²) in [6, 6.07) is 0. The van der Waals surface area contributed by atoms with Gasteiger partial charge in [-0.25, -0.2) is 4.98 Å². The summed E-state index contributed by atoms with van der Waals surface area (Å²) in [7, 11) is 0. The third kappa shape index (κ3) is 4.32. The van der Waals surface area contributed by atoms with Crippen LogP contribution in [0.15, 0.2) is 6.20 Å². The van der Waals surface area contributed by atoms with E-state index in [9.17, 15) is 0 Å². The average Bonchev–Trinajstić information content (AvgIpc) is 2.24. The van der Waals surface area contributed by atoms with E-state index in [0.717, 1.165) is 5.56 Å². The van der Waals surface area contributed by atoms with Crippen LogP contribution in [0.4, 0.5) is 0 Å². The van der Waals surface area contributed by atoms with E-state index >= 15 is 0 Å². The van der Waals surface area contributed by atoms with E-state index in [-0.39, 0.29) is 0 Å². The summed E-state index contributed by atoms with van der Waals surface area (Å²) in [6.45, 7) is 5.48. The molecule has 0 spiro atoms. The molecule has 0 aliphatic carbocycles. The molecule has 0 aromatic carbocycles. The molecule has 1 aromatic rings. The fourth-order valence-corrected chi connectivity index (χ4v) is 3.17. The normalized spacial score (nSPS) is 11.5. The van der Waals surface area contributed by atoms with Crippen molar-refractivity contribution in [3.8, 4) is 5.88 Å². The molecule has 0 saturated carbocycles. The molecule has 0 aliphatic rings. The van der Waals surface area contributed by atoms with Crippen molar-refractivity contribution in [2.75, 3.05) is 13.2 Å². The molecule has 5 nitrogen and oxygen atoms in total. The predicted octanol–water partition coefficient (Wildman–Crippen LogP) is 2.77. The Balaban J connectivity index is 2.93. The molecule has 0 bridgehead atoms. The Morgan fingerprint density at radius 2 is 1.82 bits per heavy atom. The second-order valence-electron chi connectivity index (χ2n) is 3.28. The zero-order valence-corrected chi connectivity index (χ0v) is 12.2. The Labute approximate surface area is 107 Å². The van der Waals surface area contributed by atoms with Crippen molar-refractivity contribution in [2.45, 2.75) is 27.7 Å². The third-order valence-corrected chi connectivity index (χ3v) is 4.22. The van der Waals surface area contributed by atoms with E-state index in [1.165, 1.54) is 0 Å². The number of aryl methyl sites for hydroxylation is 2. The van der Waals surface area contributed by atoms with Crippen LogP contribution in [0, 0.1) is 13.8 Å². The maximum atomic E-state index is 5.62. The molecule has 1 aromatic heterocycles. The van der Waals surface area contributed by atoms with Crippen LogP contribution in [0.5, 0.6) is 5.88 Å². The van der Waals surface area contributed by atoms with Crippen LogP contribution in [-0.4, -0.2) is 23.2 Å². The van der Waals surface area contributed by atoms with Gasteiger partial charge in [-0.15, -0.1) is 0 Å². The van der Waals surface area contributed by atoms with Crippen LogP contribution < -0.4 is 4.52 Å². The van der Waals surface area contributed by atoms with E-state index in [1.54, 1.807) is 13.1 Å². The minimum atomic E-state index is -2.74. The predicted molar refractivity (Wildman–Crippen MR) is 69.7 cm³/mol. The first-order valence-corrected chi connectivity index (χ1v) is 7.95. The molecule has 0 N–H and O–H groups in total. The zero-order valence-electron chi connectivity index (χ0n) is 10.5. The largest absolute Gasteiger partial charge is 0.405 e. The van der Waals surface area contributed by atoms with Gasteiger partial charge in [-0.3, -0.25) is 9.05 Å². The van der Waals surface area contributed by atoms with Gasteiger partial charge >= 0.3 is 6.72 Å². The highest BCUT2D eigenvalue weighted by Crippen LogP contribution is 2.49. The smallest absolute Gasteiger partial charge is 0.381 e. The lowest BCUT2D eigenvalue weighted by molar-refractivity contribution is 0.215. The minimum Gasteiger partial charge on any atom is -0.405 e. The molecule has 17 heavy (non-hydrogen) atoms. The molecule has 0 saturated heterocycles. The molecule has 1 heterocycles. The minimum absolute atomic E-state index is 0.433. The van der Waals surface area contributed by atoms with Crippen LogP contribution >= 0.6 is 6.72 Å². The highest BCUT2D eigenvalue weighted by molar-refractivity contribution is 8.07. The van der Waals surface area contributed by atoms with E-state index in [1.807, 2.05) is 20.8 Å². The Hall–Kier alpha value is -0.550. The Morgan fingerprint density at radius 3 is 2.35 bits per heavy atom. The lowest BCUT2D eigenvalue weighted by Crippen LogP contribution is -2.05. The zero-order chi connectivity index (χ0) is 12.9. The van der Waals surface area contributed by atoms with Gasteiger partial charge in [0.2, 0.25) is 5.88 Å². The van der Waals surface area contributed by atoms with Crippen molar-refractivity contribution < 1.29 is 13.6 Å². The van der Waals surface area contributed by atoms with E-state index in [2.05, 4.69) is 9.97 Å². The summed E-state index contributed by atoms with van der Waals surface area (Å²) >= 11 is 5.27.